The smallest absolute Gasteiger partial charge is 0.247 e. The van der Waals surface area contributed by atoms with Crippen molar-refractivity contribution in [3.8, 4) is 11.8 Å². The van der Waals surface area contributed by atoms with Gasteiger partial charge in [-0.3, -0.25) is 4.79 Å². The normalized spacial score (nSPS) is 18.2. The molecule has 1 aromatic carbocycles. The second-order valence-corrected chi connectivity index (χ2v) is 7.00. The van der Waals surface area contributed by atoms with Gasteiger partial charge in [-0.2, -0.15) is 0 Å². The van der Waals surface area contributed by atoms with Crippen LogP contribution in [0.4, 0.5) is 4.39 Å². The molecule has 3 rings (SSSR count). The summed E-state index contributed by atoms with van der Waals surface area (Å²) in [5.41, 5.74) is 2.20. The van der Waals surface area contributed by atoms with Crippen molar-refractivity contribution in [2.75, 3.05) is 19.8 Å². The Kier molecular flexibility index (Phi) is 5.70. The molecule has 134 valence electrons. The van der Waals surface area contributed by atoms with Gasteiger partial charge in [-0.1, -0.05) is 43.1 Å². The maximum atomic E-state index is 13.2. The van der Waals surface area contributed by atoms with Crippen LogP contribution in [0.15, 0.2) is 59.7 Å². The molecule has 3 nitrogen and oxygen atoms in total. The van der Waals surface area contributed by atoms with Crippen LogP contribution < -0.4 is 5.32 Å². The van der Waals surface area contributed by atoms with Gasteiger partial charge in [0.25, 0.3) is 0 Å². The largest absolute Gasteiger partial charge is 0.380 e. The number of halogens is 1. The van der Waals surface area contributed by atoms with E-state index in [4.69, 9.17) is 4.74 Å². The second-order valence-electron chi connectivity index (χ2n) is 7.00. The van der Waals surface area contributed by atoms with Gasteiger partial charge in [0.1, 0.15) is 5.82 Å². The summed E-state index contributed by atoms with van der Waals surface area (Å²) in [6.45, 7) is 4.10. The molecule has 1 N–H and O–H groups in total. The van der Waals surface area contributed by atoms with Gasteiger partial charge in [0.15, 0.2) is 0 Å². The van der Waals surface area contributed by atoms with Gasteiger partial charge in [-0.05, 0) is 37.1 Å². The highest BCUT2D eigenvalue weighted by Gasteiger charge is 2.33. The van der Waals surface area contributed by atoms with Crippen LogP contribution in [0.5, 0.6) is 0 Å². The number of hydrogen-bond donors (Lipinski definition) is 1. The van der Waals surface area contributed by atoms with Gasteiger partial charge in [0.2, 0.25) is 5.91 Å². The third kappa shape index (κ3) is 4.93. The maximum Gasteiger partial charge on any atom is 0.247 e. The van der Waals surface area contributed by atoms with Crippen molar-refractivity contribution < 1.29 is 13.9 Å². The summed E-state index contributed by atoms with van der Waals surface area (Å²) in [5.74, 6) is 5.64. The molecule has 1 fully saturated rings. The number of allylic oxidation sites excluding steroid dienone is 5. The molecule has 2 aliphatic rings. The van der Waals surface area contributed by atoms with Crippen LogP contribution in [0.3, 0.4) is 0 Å². The Morgan fingerprint density at radius 2 is 2.15 bits per heavy atom. The predicted octanol–water partition coefficient (Wildman–Crippen LogP) is 3.53. The SMILES string of the molecule is CC1(CNC(=O)C2=CC=C(C#Cc3cccc(F)c3)C=CCC2)COC1. The Labute approximate surface area is 153 Å². The Balaban J connectivity index is 1.68. The molecule has 1 aliphatic carbocycles. The van der Waals surface area contributed by atoms with E-state index < -0.39 is 0 Å². The number of rotatable bonds is 3. The first-order valence-corrected chi connectivity index (χ1v) is 8.75. The van der Waals surface area contributed by atoms with Gasteiger partial charge in [0, 0.05) is 28.7 Å². The lowest BCUT2D eigenvalue weighted by Crippen LogP contribution is -2.48. The number of carbonyl (C=O) groups is 1. The predicted molar refractivity (Wildman–Crippen MR) is 99.8 cm³/mol. The van der Waals surface area contributed by atoms with Crippen molar-refractivity contribution >= 4 is 5.91 Å². The molecule has 0 atom stereocenters. The molecular formula is C22H22FNO2. The molecule has 0 aromatic heterocycles. The zero-order valence-corrected chi connectivity index (χ0v) is 14.8. The van der Waals surface area contributed by atoms with E-state index in [0.717, 1.165) is 17.6 Å². The van der Waals surface area contributed by atoms with Crippen molar-refractivity contribution in [1.82, 2.24) is 5.32 Å². The molecule has 1 aliphatic heterocycles. The summed E-state index contributed by atoms with van der Waals surface area (Å²) in [7, 11) is 0. The number of benzene rings is 1. The third-order valence-electron chi connectivity index (χ3n) is 4.39. The summed E-state index contributed by atoms with van der Waals surface area (Å²) in [4.78, 5) is 12.4. The van der Waals surface area contributed by atoms with Crippen molar-refractivity contribution in [2.24, 2.45) is 5.41 Å². The van der Waals surface area contributed by atoms with Crippen LogP contribution in [0.1, 0.15) is 25.3 Å². The molecule has 0 radical (unpaired) electrons. The van der Waals surface area contributed by atoms with Gasteiger partial charge in [-0.25, -0.2) is 4.39 Å². The van der Waals surface area contributed by atoms with Crippen molar-refractivity contribution in [2.45, 2.75) is 19.8 Å². The Bertz CT molecular complexity index is 835. The van der Waals surface area contributed by atoms with Crippen molar-refractivity contribution in [3.05, 3.63) is 71.1 Å². The van der Waals surface area contributed by atoms with E-state index >= 15 is 0 Å². The number of amides is 1. The minimum Gasteiger partial charge on any atom is -0.380 e. The number of ether oxygens (including phenoxy) is 1. The van der Waals surface area contributed by atoms with E-state index in [0.29, 0.717) is 31.7 Å². The van der Waals surface area contributed by atoms with Crippen LogP contribution in [-0.4, -0.2) is 25.7 Å². The highest BCUT2D eigenvalue weighted by Crippen LogP contribution is 2.25. The highest BCUT2D eigenvalue weighted by atomic mass is 19.1. The summed E-state index contributed by atoms with van der Waals surface area (Å²) < 4.78 is 18.4. The zero-order chi connectivity index (χ0) is 18.4. The van der Waals surface area contributed by atoms with Crippen molar-refractivity contribution in [3.63, 3.8) is 0 Å². The average molecular weight is 351 g/mol. The van der Waals surface area contributed by atoms with E-state index in [-0.39, 0.29) is 17.1 Å². The molecule has 1 saturated heterocycles. The first-order valence-electron chi connectivity index (χ1n) is 8.75. The molecule has 1 aromatic rings. The fourth-order valence-electron chi connectivity index (χ4n) is 2.72. The van der Waals surface area contributed by atoms with E-state index in [2.05, 4.69) is 24.1 Å². The van der Waals surface area contributed by atoms with E-state index in [1.165, 1.54) is 12.1 Å². The maximum absolute atomic E-state index is 13.2. The minimum atomic E-state index is -0.302. The van der Waals surface area contributed by atoms with Gasteiger partial charge < -0.3 is 10.1 Å². The lowest BCUT2D eigenvalue weighted by Gasteiger charge is -2.38. The topological polar surface area (TPSA) is 38.3 Å². The van der Waals surface area contributed by atoms with Crippen LogP contribution in [0, 0.1) is 23.1 Å². The van der Waals surface area contributed by atoms with Crippen LogP contribution >= 0.6 is 0 Å². The summed E-state index contributed by atoms with van der Waals surface area (Å²) >= 11 is 0. The molecule has 0 spiro atoms. The highest BCUT2D eigenvalue weighted by molar-refractivity contribution is 5.93. The lowest BCUT2D eigenvalue weighted by molar-refractivity contribution is -0.123. The van der Waals surface area contributed by atoms with Crippen LogP contribution in [-0.2, 0) is 9.53 Å². The molecule has 1 amide bonds. The van der Waals surface area contributed by atoms with E-state index in [1.807, 2.05) is 24.3 Å². The number of nitrogens with one attached hydrogen (secondary N) is 1. The standard InChI is InChI=1S/C22H22FNO2/c1-22(15-26-16-22)14-24-21(25)19-7-3-2-5-17(11-12-19)9-10-18-6-4-8-20(23)13-18/h2,4-6,8,11-13H,3,7,14-16H2,1H3,(H,24,25). The van der Waals surface area contributed by atoms with Gasteiger partial charge >= 0.3 is 0 Å². The van der Waals surface area contributed by atoms with Gasteiger partial charge in [0.05, 0.1) is 13.2 Å². The fourth-order valence-corrected chi connectivity index (χ4v) is 2.72. The fraction of sp³-hybridized carbons (Fsp3) is 0.318. The quantitative estimate of drug-likeness (QED) is 0.846. The summed E-state index contributed by atoms with van der Waals surface area (Å²) in [5, 5.41) is 3.00. The first kappa shape index (κ1) is 18.2. The summed E-state index contributed by atoms with van der Waals surface area (Å²) in [6.07, 6.45) is 9.08. The van der Waals surface area contributed by atoms with E-state index in [1.54, 1.807) is 12.1 Å². The first-order chi connectivity index (χ1) is 12.5. The molecule has 0 saturated carbocycles. The van der Waals surface area contributed by atoms with Crippen LogP contribution in [0.25, 0.3) is 0 Å². The van der Waals surface area contributed by atoms with Crippen molar-refractivity contribution in [1.29, 1.82) is 0 Å². The lowest BCUT2D eigenvalue weighted by atomic mass is 9.88. The molecule has 1 heterocycles. The number of carbonyl (C=O) groups excluding carboxylic acids is 1. The van der Waals surface area contributed by atoms with Crippen LogP contribution in [0.2, 0.25) is 0 Å². The monoisotopic (exact) mass is 351 g/mol. The Morgan fingerprint density at radius 3 is 2.88 bits per heavy atom. The zero-order valence-electron chi connectivity index (χ0n) is 14.8. The number of hydrogen-bond acceptors (Lipinski definition) is 2. The molecule has 26 heavy (non-hydrogen) atoms. The summed E-state index contributed by atoms with van der Waals surface area (Å²) in [6, 6.07) is 6.20. The average Bonchev–Trinajstić information content (AvgIpc) is 2.57. The minimum absolute atomic E-state index is 0.0397. The Morgan fingerprint density at radius 1 is 1.31 bits per heavy atom. The van der Waals surface area contributed by atoms with Gasteiger partial charge in [-0.15, -0.1) is 0 Å². The molecule has 4 heteroatoms. The third-order valence-corrected chi connectivity index (χ3v) is 4.39. The molecule has 0 bridgehead atoms. The molecular weight excluding hydrogens is 329 g/mol. The Hall–Kier alpha value is -2.64. The van der Waals surface area contributed by atoms with E-state index in [9.17, 15) is 9.18 Å². The molecule has 0 unspecified atom stereocenters. The second kappa shape index (κ2) is 8.16.